The Morgan fingerprint density at radius 3 is 2.81 bits per heavy atom. The van der Waals surface area contributed by atoms with Crippen molar-refractivity contribution in [2.24, 2.45) is 0 Å². The van der Waals surface area contributed by atoms with Crippen molar-refractivity contribution >= 4 is 16.9 Å². The quantitative estimate of drug-likeness (QED) is 0.731. The number of nitrogens with one attached hydrogen (secondary N) is 1. The van der Waals surface area contributed by atoms with Crippen LogP contribution < -0.4 is 5.32 Å². The molecule has 140 valence electrons. The minimum atomic E-state index is -0.657. The number of nitrogens with zero attached hydrogens (tertiary/aromatic N) is 1. The second kappa shape index (κ2) is 6.78. The molecule has 3 aromatic rings. The summed E-state index contributed by atoms with van der Waals surface area (Å²) in [6.07, 6.45) is 5.82. The van der Waals surface area contributed by atoms with Gasteiger partial charge in [-0.25, -0.2) is 4.39 Å². The highest BCUT2D eigenvalue weighted by atomic mass is 19.1. The molecular formula is C21H21FN2O3. The second-order valence-electron chi connectivity index (χ2n) is 7.43. The molecule has 1 fully saturated rings. The SMILES string of the molecule is C[C@]1(O)CC[C@H](NC(=O)c2ccc(-c3nccc4occc34)c(F)c2)CC1. The molecule has 0 radical (unpaired) electrons. The van der Waals surface area contributed by atoms with Crippen LogP contribution in [0.3, 0.4) is 0 Å². The topological polar surface area (TPSA) is 75.4 Å². The van der Waals surface area contributed by atoms with Crippen LogP contribution in [0, 0.1) is 5.82 Å². The number of benzene rings is 1. The van der Waals surface area contributed by atoms with E-state index in [1.165, 1.54) is 12.3 Å². The number of furan rings is 1. The average molecular weight is 368 g/mol. The van der Waals surface area contributed by atoms with Crippen LogP contribution in [0.15, 0.2) is 47.2 Å². The Kier molecular flexibility index (Phi) is 4.44. The molecule has 6 heteroatoms. The standard InChI is InChI=1S/C21H21FN2O3/c1-21(26)8-4-14(5-9-21)24-20(25)13-2-3-15(17(22)12-13)19-16-7-11-27-18(16)6-10-23-19/h2-3,6-7,10-12,14,26H,4-5,8-9H2,1H3,(H,24,25)/t14-,21-. The molecule has 2 aromatic heterocycles. The van der Waals surface area contributed by atoms with Crippen LogP contribution in [-0.4, -0.2) is 27.6 Å². The van der Waals surface area contributed by atoms with Gasteiger partial charge in [-0.3, -0.25) is 9.78 Å². The van der Waals surface area contributed by atoms with E-state index in [2.05, 4.69) is 10.3 Å². The molecule has 1 aliphatic carbocycles. The maximum atomic E-state index is 14.7. The van der Waals surface area contributed by atoms with Crippen LogP contribution in [-0.2, 0) is 0 Å². The first-order chi connectivity index (χ1) is 12.9. The zero-order chi connectivity index (χ0) is 19.0. The largest absolute Gasteiger partial charge is 0.464 e. The van der Waals surface area contributed by atoms with Gasteiger partial charge < -0.3 is 14.8 Å². The fourth-order valence-electron chi connectivity index (χ4n) is 3.61. The summed E-state index contributed by atoms with van der Waals surface area (Å²) in [6, 6.07) is 7.89. The van der Waals surface area contributed by atoms with Gasteiger partial charge in [0, 0.05) is 28.8 Å². The number of aromatic nitrogens is 1. The first-order valence-corrected chi connectivity index (χ1v) is 9.08. The van der Waals surface area contributed by atoms with Gasteiger partial charge in [-0.05, 0) is 62.9 Å². The van der Waals surface area contributed by atoms with Crippen molar-refractivity contribution in [2.75, 3.05) is 0 Å². The number of hydrogen-bond donors (Lipinski definition) is 2. The van der Waals surface area contributed by atoms with Crippen LogP contribution in [0.4, 0.5) is 4.39 Å². The maximum absolute atomic E-state index is 14.7. The molecule has 0 bridgehead atoms. The van der Waals surface area contributed by atoms with E-state index in [-0.39, 0.29) is 17.5 Å². The molecule has 0 aliphatic heterocycles. The molecule has 0 spiro atoms. The molecule has 0 unspecified atom stereocenters. The molecule has 0 atom stereocenters. The van der Waals surface area contributed by atoms with E-state index in [9.17, 15) is 14.3 Å². The van der Waals surface area contributed by atoms with E-state index in [1.54, 1.807) is 30.5 Å². The van der Waals surface area contributed by atoms with Crippen molar-refractivity contribution in [3.63, 3.8) is 0 Å². The molecule has 1 aromatic carbocycles. The first-order valence-electron chi connectivity index (χ1n) is 9.08. The summed E-state index contributed by atoms with van der Waals surface area (Å²) >= 11 is 0. The first kappa shape index (κ1) is 17.7. The minimum absolute atomic E-state index is 0.00167. The van der Waals surface area contributed by atoms with Crippen LogP contribution in [0.5, 0.6) is 0 Å². The van der Waals surface area contributed by atoms with Crippen LogP contribution in [0.1, 0.15) is 43.0 Å². The lowest BCUT2D eigenvalue weighted by Gasteiger charge is -2.33. The predicted molar refractivity (Wildman–Crippen MR) is 99.7 cm³/mol. The minimum Gasteiger partial charge on any atom is -0.464 e. The predicted octanol–water partition coefficient (Wildman–Crippen LogP) is 4.06. The van der Waals surface area contributed by atoms with Gasteiger partial charge in [0.25, 0.3) is 5.91 Å². The summed E-state index contributed by atoms with van der Waals surface area (Å²) < 4.78 is 20.1. The third-order valence-electron chi connectivity index (χ3n) is 5.26. The van der Waals surface area contributed by atoms with Gasteiger partial charge in [-0.1, -0.05) is 0 Å². The van der Waals surface area contributed by atoms with E-state index in [0.29, 0.717) is 42.5 Å². The Morgan fingerprint density at radius 2 is 2.07 bits per heavy atom. The maximum Gasteiger partial charge on any atom is 0.251 e. The number of halogens is 1. The number of pyridine rings is 1. The molecule has 2 heterocycles. The fraction of sp³-hybridized carbons (Fsp3) is 0.333. The second-order valence-corrected chi connectivity index (χ2v) is 7.43. The van der Waals surface area contributed by atoms with Crippen LogP contribution in [0.2, 0.25) is 0 Å². The van der Waals surface area contributed by atoms with Gasteiger partial charge in [-0.15, -0.1) is 0 Å². The monoisotopic (exact) mass is 368 g/mol. The summed E-state index contributed by atoms with van der Waals surface area (Å²) in [4.78, 5) is 16.7. The Balaban J connectivity index is 1.53. The van der Waals surface area contributed by atoms with E-state index >= 15 is 0 Å². The van der Waals surface area contributed by atoms with Crippen LogP contribution >= 0.6 is 0 Å². The Morgan fingerprint density at radius 1 is 1.30 bits per heavy atom. The lowest BCUT2D eigenvalue weighted by molar-refractivity contribution is 0.0140. The number of amides is 1. The van der Waals surface area contributed by atoms with E-state index in [4.69, 9.17) is 4.42 Å². The summed E-state index contributed by atoms with van der Waals surface area (Å²) in [6.45, 7) is 1.81. The number of carbonyl (C=O) groups excluding carboxylic acids is 1. The van der Waals surface area contributed by atoms with Gasteiger partial charge in [-0.2, -0.15) is 0 Å². The van der Waals surface area contributed by atoms with Crippen molar-refractivity contribution in [1.82, 2.24) is 10.3 Å². The lowest BCUT2D eigenvalue weighted by Crippen LogP contribution is -2.42. The summed E-state index contributed by atoms with van der Waals surface area (Å²) in [5.74, 6) is -0.808. The zero-order valence-electron chi connectivity index (χ0n) is 15.0. The third kappa shape index (κ3) is 3.57. The molecule has 1 aliphatic rings. The molecule has 27 heavy (non-hydrogen) atoms. The van der Waals surface area contributed by atoms with Crippen molar-refractivity contribution in [3.8, 4) is 11.3 Å². The van der Waals surface area contributed by atoms with E-state index in [0.717, 1.165) is 5.39 Å². The highest BCUT2D eigenvalue weighted by Crippen LogP contribution is 2.30. The Hall–Kier alpha value is -2.73. The zero-order valence-corrected chi connectivity index (χ0v) is 15.0. The van der Waals surface area contributed by atoms with E-state index in [1.807, 2.05) is 6.92 Å². The van der Waals surface area contributed by atoms with Gasteiger partial charge >= 0.3 is 0 Å². The summed E-state index contributed by atoms with van der Waals surface area (Å²) in [5, 5.41) is 13.7. The van der Waals surface area contributed by atoms with Crippen molar-refractivity contribution in [2.45, 2.75) is 44.2 Å². The average Bonchev–Trinajstić information content (AvgIpc) is 3.12. The molecule has 5 nitrogen and oxygen atoms in total. The number of aliphatic hydroxyl groups is 1. The molecule has 1 amide bonds. The highest BCUT2D eigenvalue weighted by molar-refractivity contribution is 5.96. The molecule has 2 N–H and O–H groups in total. The van der Waals surface area contributed by atoms with Gasteiger partial charge in [0.1, 0.15) is 11.4 Å². The van der Waals surface area contributed by atoms with Gasteiger partial charge in [0.15, 0.2) is 0 Å². The van der Waals surface area contributed by atoms with Crippen LogP contribution in [0.25, 0.3) is 22.2 Å². The number of fused-ring (bicyclic) bond motifs is 1. The smallest absolute Gasteiger partial charge is 0.251 e. The van der Waals surface area contributed by atoms with Crippen molar-refractivity contribution in [3.05, 3.63) is 54.2 Å². The van der Waals surface area contributed by atoms with Gasteiger partial charge in [0.2, 0.25) is 0 Å². The number of carbonyl (C=O) groups is 1. The fourth-order valence-corrected chi connectivity index (χ4v) is 3.61. The van der Waals surface area contributed by atoms with Gasteiger partial charge in [0.05, 0.1) is 17.6 Å². The number of hydrogen-bond acceptors (Lipinski definition) is 4. The summed E-state index contributed by atoms with van der Waals surface area (Å²) in [5.41, 5.74) is 1.06. The van der Waals surface area contributed by atoms with E-state index < -0.39 is 11.4 Å². The Labute approximate surface area is 156 Å². The molecular weight excluding hydrogens is 347 g/mol. The van der Waals surface area contributed by atoms with Crippen molar-refractivity contribution < 1.29 is 18.7 Å². The Bertz CT molecular complexity index is 986. The molecule has 4 rings (SSSR count). The molecule has 0 saturated heterocycles. The highest BCUT2D eigenvalue weighted by Gasteiger charge is 2.29. The third-order valence-corrected chi connectivity index (χ3v) is 5.26. The summed E-state index contributed by atoms with van der Waals surface area (Å²) in [7, 11) is 0. The molecule has 1 saturated carbocycles. The number of rotatable bonds is 3. The lowest BCUT2D eigenvalue weighted by atomic mass is 9.83. The van der Waals surface area contributed by atoms with Crippen molar-refractivity contribution in [1.29, 1.82) is 0 Å². The normalized spacial score (nSPS) is 22.7.